The van der Waals surface area contributed by atoms with Crippen LogP contribution in [0.2, 0.25) is 0 Å². The third-order valence-electron chi connectivity index (χ3n) is 2.55. The zero-order chi connectivity index (χ0) is 15.9. The lowest BCUT2D eigenvalue weighted by molar-refractivity contribution is -0.130. The highest BCUT2D eigenvalue weighted by molar-refractivity contribution is 5.75. The Labute approximate surface area is 121 Å². The molecule has 0 aliphatic rings. The maximum atomic E-state index is 11.3. The molecule has 0 radical (unpaired) electrons. The molecule has 0 aliphatic heterocycles. The number of nitrogens with two attached hydrogens (primary N) is 1. The third kappa shape index (κ3) is 23.0. The van der Waals surface area contributed by atoms with Crippen LogP contribution in [0, 0.1) is 5.41 Å². The topological polar surface area (TPSA) is 46.3 Å². The van der Waals surface area contributed by atoms with Crippen molar-refractivity contribution in [1.82, 2.24) is 4.90 Å². The third-order valence-corrected chi connectivity index (χ3v) is 2.55. The highest BCUT2D eigenvalue weighted by Crippen LogP contribution is 2.20. The Morgan fingerprint density at radius 3 is 1.84 bits per heavy atom. The number of unbranched alkanes of at least 4 members (excludes halogenated alkanes) is 1. The minimum absolute atomic E-state index is 0.257. The second-order valence-electron chi connectivity index (χ2n) is 5.61. The molecule has 0 aromatic rings. The Morgan fingerprint density at radius 2 is 1.63 bits per heavy atom. The van der Waals surface area contributed by atoms with Gasteiger partial charge in [0.1, 0.15) is 0 Å². The maximum Gasteiger partial charge on any atom is 0.222 e. The summed E-state index contributed by atoms with van der Waals surface area (Å²) in [7, 11) is 1.85. The summed E-state index contributed by atoms with van der Waals surface area (Å²) in [5, 5.41) is 0. The number of nitrogens with zero attached hydrogens (tertiary/aromatic N) is 1. The van der Waals surface area contributed by atoms with E-state index in [-0.39, 0.29) is 11.3 Å². The summed E-state index contributed by atoms with van der Waals surface area (Å²) in [4.78, 5) is 13.1. The summed E-state index contributed by atoms with van der Waals surface area (Å²) in [6.07, 6.45) is 4.03. The number of hydrogen-bond acceptors (Lipinski definition) is 2. The van der Waals surface area contributed by atoms with Crippen molar-refractivity contribution in [3.8, 4) is 0 Å². The first-order valence-corrected chi connectivity index (χ1v) is 7.72. The lowest BCUT2D eigenvalue weighted by Gasteiger charge is -2.20. The summed E-state index contributed by atoms with van der Waals surface area (Å²) >= 11 is 0. The van der Waals surface area contributed by atoms with Crippen LogP contribution in [0.15, 0.2) is 0 Å². The van der Waals surface area contributed by atoms with Crippen molar-refractivity contribution in [3.63, 3.8) is 0 Å². The zero-order valence-corrected chi connectivity index (χ0v) is 14.7. The van der Waals surface area contributed by atoms with Crippen molar-refractivity contribution in [3.05, 3.63) is 0 Å². The summed E-state index contributed by atoms with van der Waals surface area (Å²) in [5.74, 6) is 0.257. The van der Waals surface area contributed by atoms with Gasteiger partial charge in [-0.15, -0.1) is 0 Å². The molecular weight excluding hydrogens is 236 g/mol. The largest absolute Gasteiger partial charge is 0.346 e. The van der Waals surface area contributed by atoms with Crippen LogP contribution in [0.4, 0.5) is 0 Å². The first-order chi connectivity index (χ1) is 8.78. The van der Waals surface area contributed by atoms with Gasteiger partial charge in [-0.2, -0.15) is 0 Å². The Morgan fingerprint density at radius 1 is 1.16 bits per heavy atom. The normalized spacial score (nSPS) is 9.74. The van der Waals surface area contributed by atoms with Gasteiger partial charge < -0.3 is 10.6 Å². The van der Waals surface area contributed by atoms with Crippen LogP contribution in [0.3, 0.4) is 0 Å². The van der Waals surface area contributed by atoms with E-state index < -0.39 is 0 Å². The number of carbonyl (C=O) groups excluding carboxylic acids is 1. The number of rotatable bonds is 5. The molecule has 0 rings (SSSR count). The van der Waals surface area contributed by atoms with E-state index in [0.29, 0.717) is 6.42 Å². The van der Waals surface area contributed by atoms with Gasteiger partial charge in [0.2, 0.25) is 5.91 Å². The van der Waals surface area contributed by atoms with Gasteiger partial charge in [-0.3, -0.25) is 4.79 Å². The molecule has 0 saturated carbocycles. The minimum atomic E-state index is 0.257. The molecule has 0 unspecified atom stereocenters. The standard InChI is InChI=1S/C10H21NO.C4H11N.C2H6/c1-6-11(5)9(12)7-8-10(2,3)4;1-2-3-4-5;1-2/h6-8H2,1-5H3;2-5H2,1H3;1-2H3. The zero-order valence-electron chi connectivity index (χ0n) is 14.7. The molecular formula is C16H38N2O. The second kappa shape index (κ2) is 15.5. The molecule has 2 N–H and O–H groups in total. The van der Waals surface area contributed by atoms with Crippen molar-refractivity contribution in [2.24, 2.45) is 11.1 Å². The average molecular weight is 274 g/mol. The molecule has 3 heteroatoms. The van der Waals surface area contributed by atoms with Crippen LogP contribution in [0.5, 0.6) is 0 Å². The number of amides is 1. The van der Waals surface area contributed by atoms with Gasteiger partial charge in [0.05, 0.1) is 0 Å². The predicted molar refractivity (Wildman–Crippen MR) is 87.3 cm³/mol. The van der Waals surface area contributed by atoms with Crippen LogP contribution in [0.25, 0.3) is 0 Å². The van der Waals surface area contributed by atoms with E-state index in [4.69, 9.17) is 5.73 Å². The van der Waals surface area contributed by atoms with Gasteiger partial charge in [0.25, 0.3) is 0 Å². The van der Waals surface area contributed by atoms with E-state index in [2.05, 4.69) is 27.7 Å². The summed E-state index contributed by atoms with van der Waals surface area (Å²) < 4.78 is 0. The fourth-order valence-electron chi connectivity index (χ4n) is 1.05. The first kappa shape index (κ1) is 23.5. The number of hydrogen-bond donors (Lipinski definition) is 1. The molecule has 0 aromatic heterocycles. The van der Waals surface area contributed by atoms with Crippen molar-refractivity contribution in [2.75, 3.05) is 20.1 Å². The van der Waals surface area contributed by atoms with E-state index in [9.17, 15) is 4.79 Å². The molecule has 0 bridgehead atoms. The van der Waals surface area contributed by atoms with Gasteiger partial charge in [-0.05, 0) is 31.7 Å². The predicted octanol–water partition coefficient (Wildman–Crippen LogP) is 4.06. The molecule has 0 aromatic carbocycles. The molecule has 0 saturated heterocycles. The van der Waals surface area contributed by atoms with Crippen molar-refractivity contribution in [1.29, 1.82) is 0 Å². The smallest absolute Gasteiger partial charge is 0.222 e. The van der Waals surface area contributed by atoms with E-state index >= 15 is 0 Å². The fourth-order valence-corrected chi connectivity index (χ4v) is 1.05. The lowest BCUT2D eigenvalue weighted by Crippen LogP contribution is -2.27. The summed E-state index contributed by atoms with van der Waals surface area (Å²) in [5.41, 5.74) is 5.41. The van der Waals surface area contributed by atoms with Crippen LogP contribution in [-0.2, 0) is 4.79 Å². The Bertz CT molecular complexity index is 184. The van der Waals surface area contributed by atoms with E-state index in [1.807, 2.05) is 27.8 Å². The quantitative estimate of drug-likeness (QED) is 0.821. The SMILES string of the molecule is CC.CCCCN.CCN(C)C(=O)CCC(C)(C)C. The molecule has 0 atom stereocenters. The van der Waals surface area contributed by atoms with Gasteiger partial charge in [-0.1, -0.05) is 48.0 Å². The van der Waals surface area contributed by atoms with Crippen LogP contribution >= 0.6 is 0 Å². The van der Waals surface area contributed by atoms with Crippen molar-refractivity contribution in [2.45, 2.75) is 74.1 Å². The Balaban J connectivity index is -0.000000307. The number of carbonyl (C=O) groups is 1. The van der Waals surface area contributed by atoms with E-state index in [1.54, 1.807) is 4.90 Å². The lowest BCUT2D eigenvalue weighted by atomic mass is 9.90. The highest BCUT2D eigenvalue weighted by Gasteiger charge is 2.14. The van der Waals surface area contributed by atoms with Gasteiger partial charge in [-0.25, -0.2) is 0 Å². The highest BCUT2D eigenvalue weighted by atomic mass is 16.2. The first-order valence-electron chi connectivity index (χ1n) is 7.72. The van der Waals surface area contributed by atoms with E-state index in [1.165, 1.54) is 12.8 Å². The second-order valence-corrected chi connectivity index (χ2v) is 5.61. The monoisotopic (exact) mass is 274 g/mol. The van der Waals surface area contributed by atoms with Crippen molar-refractivity contribution >= 4 is 5.91 Å². The van der Waals surface area contributed by atoms with Crippen LogP contribution in [0.1, 0.15) is 74.1 Å². The minimum Gasteiger partial charge on any atom is -0.346 e. The molecule has 0 aliphatic carbocycles. The molecule has 19 heavy (non-hydrogen) atoms. The van der Waals surface area contributed by atoms with Gasteiger partial charge >= 0.3 is 0 Å². The molecule has 0 spiro atoms. The van der Waals surface area contributed by atoms with Crippen molar-refractivity contribution < 1.29 is 4.79 Å². The molecule has 3 nitrogen and oxygen atoms in total. The van der Waals surface area contributed by atoms with Crippen LogP contribution < -0.4 is 5.73 Å². The van der Waals surface area contributed by atoms with Crippen LogP contribution in [-0.4, -0.2) is 30.9 Å². The fraction of sp³-hybridized carbons (Fsp3) is 0.938. The van der Waals surface area contributed by atoms with E-state index in [0.717, 1.165) is 19.5 Å². The molecule has 118 valence electrons. The molecule has 0 heterocycles. The Hall–Kier alpha value is -0.570. The summed E-state index contributed by atoms with van der Waals surface area (Å²) in [6.45, 7) is 16.3. The molecule has 0 fully saturated rings. The van der Waals surface area contributed by atoms with Gasteiger partial charge in [0, 0.05) is 20.0 Å². The molecule has 1 amide bonds. The van der Waals surface area contributed by atoms with Gasteiger partial charge in [0.15, 0.2) is 0 Å². The maximum absolute atomic E-state index is 11.3. The average Bonchev–Trinajstić information content (AvgIpc) is 2.38. The Kier molecular flexibility index (Phi) is 19.2. The summed E-state index contributed by atoms with van der Waals surface area (Å²) in [6, 6.07) is 0.